The summed E-state index contributed by atoms with van der Waals surface area (Å²) in [5, 5.41) is 8.74. The predicted molar refractivity (Wildman–Crippen MR) is 102 cm³/mol. The second-order valence-corrected chi connectivity index (χ2v) is 8.22. The summed E-state index contributed by atoms with van der Waals surface area (Å²) in [6, 6.07) is 3.84. The molecule has 23 heavy (non-hydrogen) atoms. The molecule has 0 unspecified atom stereocenters. The molecule has 0 saturated carbocycles. The van der Waals surface area contributed by atoms with Crippen LogP contribution in [0.3, 0.4) is 0 Å². The molecule has 0 heterocycles. The predicted octanol–water partition coefficient (Wildman–Crippen LogP) is 4.35. The third-order valence-corrected chi connectivity index (χ3v) is 5.98. The Morgan fingerprint density at radius 1 is 0.913 bits per heavy atom. The maximum absolute atomic E-state index is 8.74. The van der Waals surface area contributed by atoms with E-state index in [0.717, 1.165) is 6.54 Å². The molecule has 0 aliphatic carbocycles. The summed E-state index contributed by atoms with van der Waals surface area (Å²) in [6.07, 6.45) is 0.451. The molecule has 5 nitrogen and oxygen atoms in total. The van der Waals surface area contributed by atoms with Gasteiger partial charge in [0.25, 0.3) is 0 Å². The first kappa shape index (κ1) is 25.0. The summed E-state index contributed by atoms with van der Waals surface area (Å²) in [7, 11) is -0.841. The topological polar surface area (TPSA) is 65.5 Å². The van der Waals surface area contributed by atoms with E-state index in [9.17, 15) is 0 Å². The fraction of sp³-hybridized carbons (Fsp3) is 0.941. The molecule has 0 amide bonds. The minimum absolute atomic E-state index is 0.420. The number of nitriles is 1. The van der Waals surface area contributed by atoms with Crippen LogP contribution >= 0.6 is 8.45 Å². The summed E-state index contributed by atoms with van der Waals surface area (Å²) in [5.41, 5.74) is 4.85. The molecule has 0 fully saturated rings. The molecule has 0 aromatic carbocycles. The van der Waals surface area contributed by atoms with E-state index in [0.29, 0.717) is 37.2 Å². The number of hydrogen-bond donors (Lipinski definition) is 1. The van der Waals surface area contributed by atoms with Gasteiger partial charge in [0.2, 0.25) is 0 Å². The van der Waals surface area contributed by atoms with Crippen LogP contribution in [0.4, 0.5) is 0 Å². The Morgan fingerprint density at radius 2 is 1.22 bits per heavy atom. The van der Waals surface area contributed by atoms with Gasteiger partial charge in [-0.05, 0) is 61.9 Å². The fourth-order valence-corrected chi connectivity index (χ4v) is 4.75. The summed E-state index contributed by atoms with van der Waals surface area (Å²) in [4.78, 5) is 0. The molecule has 0 atom stereocenters. The van der Waals surface area contributed by atoms with Crippen molar-refractivity contribution in [1.82, 2.24) is 9.34 Å². The molecule has 0 radical (unpaired) electrons. The van der Waals surface area contributed by atoms with Crippen molar-refractivity contribution in [2.75, 3.05) is 13.2 Å². The zero-order valence-electron chi connectivity index (χ0n) is 16.7. The Bertz CT molecular complexity index is 280. The van der Waals surface area contributed by atoms with E-state index >= 15 is 0 Å². The Balaban J connectivity index is 0. The Hall–Kier alpha value is -0.240. The maximum atomic E-state index is 8.74. The van der Waals surface area contributed by atoms with Crippen molar-refractivity contribution in [2.24, 2.45) is 5.73 Å². The fourth-order valence-electron chi connectivity index (χ4n) is 2.41. The summed E-state index contributed by atoms with van der Waals surface area (Å²) >= 11 is 0. The molecule has 0 rings (SSSR count). The molecule has 0 aliphatic rings. The highest BCUT2D eigenvalue weighted by Crippen LogP contribution is 2.50. The standard InChI is InChI=1S/C15H32N3OP.C2H7N/c1-12(2)17(13(3)4)20(19-11-9-10-16)18(14(5)6)15(7)8;1-2-3/h12-15H,9,11H2,1-8H3;2-3H2,1H3. The molecule has 2 N–H and O–H groups in total. The van der Waals surface area contributed by atoms with Gasteiger partial charge in [0.05, 0.1) is 19.1 Å². The van der Waals surface area contributed by atoms with Gasteiger partial charge in [-0.3, -0.25) is 0 Å². The number of nitrogens with zero attached hydrogens (tertiary/aromatic N) is 3. The van der Waals surface area contributed by atoms with Gasteiger partial charge in [0.1, 0.15) is 0 Å². The van der Waals surface area contributed by atoms with Crippen LogP contribution < -0.4 is 5.73 Å². The van der Waals surface area contributed by atoms with E-state index in [4.69, 9.17) is 15.5 Å². The Labute approximate surface area is 146 Å². The third-order valence-electron chi connectivity index (χ3n) is 2.93. The van der Waals surface area contributed by atoms with E-state index in [2.05, 4.69) is 70.8 Å². The normalized spacial score (nSPS) is 11.8. The van der Waals surface area contributed by atoms with Gasteiger partial charge in [-0.25, -0.2) is 9.34 Å². The van der Waals surface area contributed by atoms with Gasteiger partial charge >= 0.3 is 0 Å². The molecule has 0 aromatic rings. The van der Waals surface area contributed by atoms with Crippen LogP contribution in [0.25, 0.3) is 0 Å². The average Bonchev–Trinajstić information content (AvgIpc) is 2.37. The monoisotopic (exact) mass is 346 g/mol. The zero-order valence-corrected chi connectivity index (χ0v) is 17.6. The third kappa shape index (κ3) is 10.3. The summed E-state index contributed by atoms with van der Waals surface area (Å²) in [6.45, 7) is 20.8. The molecular weight excluding hydrogens is 307 g/mol. The Morgan fingerprint density at radius 3 is 1.43 bits per heavy atom. The minimum atomic E-state index is -0.841. The van der Waals surface area contributed by atoms with Crippen LogP contribution in [-0.2, 0) is 4.52 Å². The lowest BCUT2D eigenvalue weighted by Crippen LogP contribution is -2.43. The van der Waals surface area contributed by atoms with E-state index in [1.165, 1.54) is 0 Å². The first-order valence-electron chi connectivity index (χ1n) is 8.72. The van der Waals surface area contributed by atoms with Crippen LogP contribution in [0.15, 0.2) is 0 Å². The maximum Gasteiger partial charge on any atom is 0.188 e. The quantitative estimate of drug-likeness (QED) is 0.497. The molecule has 6 heteroatoms. The SMILES string of the molecule is CC(C)N(C(C)C)P(OCCC#N)N(C(C)C)C(C)C.CCN. The van der Waals surface area contributed by atoms with Gasteiger partial charge < -0.3 is 10.3 Å². The summed E-state index contributed by atoms with van der Waals surface area (Å²) < 4.78 is 11.0. The highest BCUT2D eigenvalue weighted by molar-refractivity contribution is 7.47. The molecule has 0 aromatic heterocycles. The first-order chi connectivity index (χ1) is 10.6. The molecule has 0 spiro atoms. The minimum Gasteiger partial charge on any atom is -0.331 e. The molecule has 0 aliphatic heterocycles. The molecular formula is C17H39N4OP. The van der Waals surface area contributed by atoms with Crippen LogP contribution in [-0.4, -0.2) is 46.7 Å². The highest BCUT2D eigenvalue weighted by Gasteiger charge is 2.34. The lowest BCUT2D eigenvalue weighted by Gasteiger charge is -2.45. The second-order valence-electron chi connectivity index (χ2n) is 6.54. The lowest BCUT2D eigenvalue weighted by atomic mass is 10.3. The second kappa shape index (κ2) is 14.1. The zero-order chi connectivity index (χ0) is 18.6. The van der Waals surface area contributed by atoms with Crippen molar-refractivity contribution in [3.05, 3.63) is 0 Å². The molecule has 0 saturated heterocycles. The Kier molecular flexibility index (Phi) is 15.4. The summed E-state index contributed by atoms with van der Waals surface area (Å²) in [5.74, 6) is 0. The van der Waals surface area contributed by atoms with Gasteiger partial charge in [-0.15, -0.1) is 0 Å². The van der Waals surface area contributed by atoms with E-state index < -0.39 is 8.45 Å². The number of hydrogen-bond acceptors (Lipinski definition) is 5. The van der Waals surface area contributed by atoms with E-state index in [-0.39, 0.29) is 0 Å². The van der Waals surface area contributed by atoms with Crippen molar-refractivity contribution in [3.63, 3.8) is 0 Å². The van der Waals surface area contributed by atoms with Crippen molar-refractivity contribution >= 4 is 8.45 Å². The van der Waals surface area contributed by atoms with Crippen LogP contribution in [0.5, 0.6) is 0 Å². The highest BCUT2D eigenvalue weighted by atomic mass is 31.2. The van der Waals surface area contributed by atoms with Gasteiger partial charge in [0.15, 0.2) is 8.45 Å². The van der Waals surface area contributed by atoms with E-state index in [1.54, 1.807) is 0 Å². The first-order valence-corrected chi connectivity index (χ1v) is 9.88. The smallest absolute Gasteiger partial charge is 0.188 e. The van der Waals surface area contributed by atoms with Gasteiger partial charge in [-0.2, -0.15) is 5.26 Å². The number of nitrogens with two attached hydrogens (primary N) is 1. The van der Waals surface area contributed by atoms with Crippen molar-refractivity contribution in [3.8, 4) is 6.07 Å². The van der Waals surface area contributed by atoms with Crippen LogP contribution in [0.1, 0.15) is 68.7 Å². The van der Waals surface area contributed by atoms with Gasteiger partial charge in [-0.1, -0.05) is 6.92 Å². The largest absolute Gasteiger partial charge is 0.331 e. The van der Waals surface area contributed by atoms with Crippen molar-refractivity contribution < 1.29 is 4.52 Å². The van der Waals surface area contributed by atoms with Gasteiger partial charge in [0, 0.05) is 24.2 Å². The lowest BCUT2D eigenvalue weighted by molar-refractivity contribution is 0.189. The van der Waals surface area contributed by atoms with Crippen molar-refractivity contribution in [1.29, 1.82) is 5.26 Å². The molecule has 0 bridgehead atoms. The van der Waals surface area contributed by atoms with E-state index in [1.807, 2.05) is 6.92 Å². The molecule has 138 valence electrons. The van der Waals surface area contributed by atoms with Crippen molar-refractivity contribution in [2.45, 2.75) is 92.9 Å². The van der Waals surface area contributed by atoms with Crippen LogP contribution in [0.2, 0.25) is 0 Å². The van der Waals surface area contributed by atoms with Crippen LogP contribution in [0, 0.1) is 11.3 Å². The number of rotatable bonds is 9. The average molecular weight is 347 g/mol.